The van der Waals surface area contributed by atoms with Gasteiger partial charge in [0.05, 0.1) is 7.11 Å². The standard InChI is InChI=1S/C13H16O3/c1-10-4-6-12(7-5-10)16-9-11(2)8-13(14)15-3/h4-8H,9H2,1-3H3. The van der Waals surface area contributed by atoms with Crippen molar-refractivity contribution in [3.05, 3.63) is 41.5 Å². The van der Waals surface area contributed by atoms with E-state index in [0.717, 1.165) is 11.3 Å². The van der Waals surface area contributed by atoms with E-state index < -0.39 is 0 Å². The van der Waals surface area contributed by atoms with Crippen molar-refractivity contribution in [1.82, 2.24) is 0 Å². The number of carbonyl (C=O) groups excluding carboxylic acids is 1. The molecule has 0 aliphatic carbocycles. The summed E-state index contributed by atoms with van der Waals surface area (Å²) in [5, 5.41) is 0. The maximum absolute atomic E-state index is 10.9. The molecule has 0 aliphatic heterocycles. The van der Waals surface area contributed by atoms with Crippen LogP contribution in [0.3, 0.4) is 0 Å². The molecule has 3 heteroatoms. The normalized spacial score (nSPS) is 11.1. The highest BCUT2D eigenvalue weighted by Crippen LogP contribution is 2.12. The van der Waals surface area contributed by atoms with E-state index in [1.165, 1.54) is 18.7 Å². The minimum atomic E-state index is -0.356. The first kappa shape index (κ1) is 12.3. The highest BCUT2D eigenvalue weighted by molar-refractivity contribution is 5.82. The summed E-state index contributed by atoms with van der Waals surface area (Å²) in [5.41, 5.74) is 2.02. The van der Waals surface area contributed by atoms with Gasteiger partial charge in [-0.2, -0.15) is 0 Å². The molecule has 0 amide bonds. The van der Waals surface area contributed by atoms with Gasteiger partial charge in [-0.05, 0) is 31.6 Å². The van der Waals surface area contributed by atoms with Crippen LogP contribution in [-0.2, 0) is 9.53 Å². The number of rotatable bonds is 4. The molecule has 3 nitrogen and oxygen atoms in total. The first-order valence-electron chi connectivity index (χ1n) is 5.06. The minimum Gasteiger partial charge on any atom is -0.489 e. The largest absolute Gasteiger partial charge is 0.489 e. The molecule has 1 aromatic carbocycles. The summed E-state index contributed by atoms with van der Waals surface area (Å²) in [7, 11) is 1.35. The summed E-state index contributed by atoms with van der Waals surface area (Å²) in [6.45, 7) is 4.23. The Kier molecular flexibility index (Phi) is 4.58. The van der Waals surface area contributed by atoms with Gasteiger partial charge in [0.1, 0.15) is 12.4 Å². The second kappa shape index (κ2) is 5.95. The van der Waals surface area contributed by atoms with Crippen LogP contribution >= 0.6 is 0 Å². The summed E-state index contributed by atoms with van der Waals surface area (Å²) >= 11 is 0. The third-order valence-electron chi connectivity index (χ3n) is 2.05. The van der Waals surface area contributed by atoms with E-state index in [4.69, 9.17) is 4.74 Å². The lowest BCUT2D eigenvalue weighted by Gasteiger charge is -2.06. The maximum atomic E-state index is 10.9. The zero-order chi connectivity index (χ0) is 12.0. The van der Waals surface area contributed by atoms with E-state index in [-0.39, 0.29) is 5.97 Å². The third kappa shape index (κ3) is 4.17. The average Bonchev–Trinajstić information content (AvgIpc) is 2.28. The lowest BCUT2D eigenvalue weighted by molar-refractivity contribution is -0.134. The Labute approximate surface area is 95.7 Å². The molecule has 0 radical (unpaired) electrons. The molecule has 0 spiro atoms. The van der Waals surface area contributed by atoms with Gasteiger partial charge in [-0.3, -0.25) is 0 Å². The average molecular weight is 220 g/mol. The number of aryl methyl sites for hydroxylation is 1. The topological polar surface area (TPSA) is 35.5 Å². The second-order valence-electron chi connectivity index (χ2n) is 3.62. The van der Waals surface area contributed by atoms with E-state index in [0.29, 0.717) is 6.61 Å². The molecule has 0 saturated carbocycles. The molecule has 16 heavy (non-hydrogen) atoms. The molecular formula is C13H16O3. The fourth-order valence-corrected chi connectivity index (χ4v) is 1.13. The number of methoxy groups -OCH3 is 1. The molecule has 86 valence electrons. The van der Waals surface area contributed by atoms with Crippen LogP contribution in [0.1, 0.15) is 12.5 Å². The lowest BCUT2D eigenvalue weighted by Crippen LogP contribution is -2.02. The Hall–Kier alpha value is -1.77. The van der Waals surface area contributed by atoms with Crippen molar-refractivity contribution >= 4 is 5.97 Å². The van der Waals surface area contributed by atoms with Crippen molar-refractivity contribution in [2.45, 2.75) is 13.8 Å². The smallest absolute Gasteiger partial charge is 0.330 e. The summed E-state index contributed by atoms with van der Waals surface area (Å²) in [6, 6.07) is 7.77. The van der Waals surface area contributed by atoms with Crippen LogP contribution in [0.25, 0.3) is 0 Å². The van der Waals surface area contributed by atoms with Crippen LogP contribution in [0.2, 0.25) is 0 Å². The molecule has 0 aliphatic rings. The number of ether oxygens (including phenoxy) is 2. The van der Waals surface area contributed by atoms with Gasteiger partial charge in [-0.15, -0.1) is 0 Å². The fourth-order valence-electron chi connectivity index (χ4n) is 1.13. The van der Waals surface area contributed by atoms with Gasteiger partial charge in [-0.1, -0.05) is 17.7 Å². The third-order valence-corrected chi connectivity index (χ3v) is 2.05. The van der Waals surface area contributed by atoms with Crippen LogP contribution < -0.4 is 4.74 Å². The molecule has 1 aromatic rings. The molecule has 0 fully saturated rings. The van der Waals surface area contributed by atoms with Crippen LogP contribution in [0.4, 0.5) is 0 Å². The number of esters is 1. The van der Waals surface area contributed by atoms with E-state index in [1.54, 1.807) is 0 Å². The van der Waals surface area contributed by atoms with Gasteiger partial charge in [0.15, 0.2) is 0 Å². The van der Waals surface area contributed by atoms with Gasteiger partial charge in [0.25, 0.3) is 0 Å². The molecule has 1 rings (SSSR count). The highest BCUT2D eigenvalue weighted by Gasteiger charge is 1.98. The zero-order valence-electron chi connectivity index (χ0n) is 9.82. The van der Waals surface area contributed by atoms with Gasteiger partial charge >= 0.3 is 5.97 Å². The van der Waals surface area contributed by atoms with Crippen molar-refractivity contribution in [1.29, 1.82) is 0 Å². The monoisotopic (exact) mass is 220 g/mol. The van der Waals surface area contributed by atoms with E-state index in [1.807, 2.05) is 38.1 Å². The molecule has 0 bridgehead atoms. The van der Waals surface area contributed by atoms with Crippen LogP contribution in [0.5, 0.6) is 5.75 Å². The maximum Gasteiger partial charge on any atom is 0.330 e. The predicted molar refractivity (Wildman–Crippen MR) is 62.4 cm³/mol. The van der Waals surface area contributed by atoms with E-state index in [2.05, 4.69) is 4.74 Å². The number of hydrogen-bond donors (Lipinski definition) is 0. The first-order valence-corrected chi connectivity index (χ1v) is 5.06. The second-order valence-corrected chi connectivity index (χ2v) is 3.62. The zero-order valence-corrected chi connectivity index (χ0v) is 9.82. The molecule has 0 saturated heterocycles. The summed E-state index contributed by atoms with van der Waals surface area (Å²) < 4.78 is 10.0. The van der Waals surface area contributed by atoms with Gasteiger partial charge in [0, 0.05) is 6.08 Å². The van der Waals surface area contributed by atoms with Crippen molar-refractivity contribution < 1.29 is 14.3 Å². The van der Waals surface area contributed by atoms with Crippen molar-refractivity contribution in [2.24, 2.45) is 0 Å². The summed E-state index contributed by atoms with van der Waals surface area (Å²) in [6.07, 6.45) is 1.42. The van der Waals surface area contributed by atoms with E-state index in [9.17, 15) is 4.79 Å². The minimum absolute atomic E-state index is 0.356. The summed E-state index contributed by atoms with van der Waals surface area (Å²) in [4.78, 5) is 10.9. The Morgan fingerprint density at radius 2 is 1.94 bits per heavy atom. The van der Waals surface area contributed by atoms with Crippen LogP contribution in [-0.4, -0.2) is 19.7 Å². The first-order chi connectivity index (χ1) is 7.61. The van der Waals surface area contributed by atoms with E-state index >= 15 is 0 Å². The fraction of sp³-hybridized carbons (Fsp3) is 0.308. The molecule has 0 aromatic heterocycles. The molecule has 0 N–H and O–H groups in total. The molecule has 0 heterocycles. The Balaban J connectivity index is 2.48. The SMILES string of the molecule is COC(=O)C=C(C)COc1ccc(C)cc1. The number of benzene rings is 1. The van der Waals surface area contributed by atoms with Crippen LogP contribution in [0.15, 0.2) is 35.9 Å². The van der Waals surface area contributed by atoms with Crippen molar-refractivity contribution in [3.63, 3.8) is 0 Å². The van der Waals surface area contributed by atoms with Crippen molar-refractivity contribution in [2.75, 3.05) is 13.7 Å². The quantitative estimate of drug-likeness (QED) is 0.577. The van der Waals surface area contributed by atoms with Gasteiger partial charge in [-0.25, -0.2) is 4.79 Å². The number of carbonyl (C=O) groups is 1. The molecule has 0 unspecified atom stereocenters. The highest BCUT2D eigenvalue weighted by atomic mass is 16.5. The predicted octanol–water partition coefficient (Wildman–Crippen LogP) is 2.49. The lowest BCUT2D eigenvalue weighted by atomic mass is 10.2. The molecule has 0 atom stereocenters. The summed E-state index contributed by atoms with van der Waals surface area (Å²) in [5.74, 6) is 0.438. The van der Waals surface area contributed by atoms with Crippen LogP contribution in [0, 0.1) is 6.92 Å². The Morgan fingerprint density at radius 1 is 1.31 bits per heavy atom. The number of hydrogen-bond acceptors (Lipinski definition) is 3. The molecular weight excluding hydrogens is 204 g/mol. The van der Waals surface area contributed by atoms with Gasteiger partial charge in [0.2, 0.25) is 0 Å². The van der Waals surface area contributed by atoms with Crippen molar-refractivity contribution in [3.8, 4) is 5.75 Å². The Morgan fingerprint density at radius 3 is 2.50 bits per heavy atom. The van der Waals surface area contributed by atoms with Gasteiger partial charge < -0.3 is 9.47 Å². The Bertz CT molecular complexity index is 377.